The fourth-order valence-electron chi connectivity index (χ4n) is 3.22. The third-order valence-electron chi connectivity index (χ3n) is 4.36. The predicted molar refractivity (Wildman–Crippen MR) is 77.9 cm³/mol. The molecule has 1 aliphatic heterocycles. The van der Waals surface area contributed by atoms with Crippen molar-refractivity contribution >= 4 is 10.0 Å². The van der Waals surface area contributed by atoms with Crippen molar-refractivity contribution < 1.29 is 17.7 Å². The minimum atomic E-state index is -3.44. The average molecular weight is 314 g/mol. The maximum absolute atomic E-state index is 12.7. The van der Waals surface area contributed by atoms with Gasteiger partial charge >= 0.3 is 0 Å². The number of hydrogen-bond donors (Lipinski definition) is 1. The molecule has 0 spiro atoms. The SMILES string of the molecule is CN1OCC(S(=O)(=O)NC2CCCCC2)C1c1ccco1. The molecule has 1 saturated heterocycles. The van der Waals surface area contributed by atoms with E-state index in [1.165, 1.54) is 6.42 Å². The minimum Gasteiger partial charge on any atom is -0.468 e. The highest BCUT2D eigenvalue weighted by molar-refractivity contribution is 7.90. The molecule has 118 valence electrons. The quantitative estimate of drug-likeness (QED) is 0.918. The number of furan rings is 1. The first-order valence-electron chi connectivity index (χ1n) is 7.48. The van der Waals surface area contributed by atoms with Gasteiger partial charge in [-0.05, 0) is 25.0 Å². The third kappa shape index (κ3) is 3.15. The Hall–Kier alpha value is -0.890. The van der Waals surface area contributed by atoms with E-state index in [0.717, 1.165) is 25.7 Å². The molecule has 1 saturated carbocycles. The Balaban J connectivity index is 1.77. The Kier molecular flexibility index (Phi) is 4.35. The summed E-state index contributed by atoms with van der Waals surface area (Å²) in [6.45, 7) is 0.157. The van der Waals surface area contributed by atoms with Crippen LogP contribution in [0.5, 0.6) is 0 Å². The molecule has 2 heterocycles. The van der Waals surface area contributed by atoms with Crippen LogP contribution in [-0.4, -0.2) is 38.4 Å². The summed E-state index contributed by atoms with van der Waals surface area (Å²) in [6.07, 6.45) is 6.79. The Morgan fingerprint density at radius 1 is 1.29 bits per heavy atom. The topological polar surface area (TPSA) is 71.8 Å². The Morgan fingerprint density at radius 2 is 2.05 bits per heavy atom. The lowest BCUT2D eigenvalue weighted by molar-refractivity contribution is -0.113. The summed E-state index contributed by atoms with van der Waals surface area (Å²) in [4.78, 5) is 5.43. The molecule has 3 rings (SSSR count). The van der Waals surface area contributed by atoms with Crippen LogP contribution in [0, 0.1) is 0 Å². The Bertz CT molecular complexity index is 552. The van der Waals surface area contributed by atoms with Gasteiger partial charge in [0.25, 0.3) is 0 Å². The molecule has 2 unspecified atom stereocenters. The molecule has 1 aromatic rings. The average Bonchev–Trinajstić information content (AvgIpc) is 3.08. The molecule has 6 nitrogen and oxygen atoms in total. The van der Waals surface area contributed by atoms with Gasteiger partial charge in [-0.25, -0.2) is 13.1 Å². The van der Waals surface area contributed by atoms with Crippen LogP contribution in [0.4, 0.5) is 0 Å². The zero-order valence-corrected chi connectivity index (χ0v) is 13.0. The minimum absolute atomic E-state index is 0.0620. The fourth-order valence-corrected chi connectivity index (χ4v) is 4.98. The summed E-state index contributed by atoms with van der Waals surface area (Å²) in [5, 5.41) is 0.930. The molecule has 2 aliphatic rings. The highest BCUT2D eigenvalue weighted by Crippen LogP contribution is 2.34. The van der Waals surface area contributed by atoms with Gasteiger partial charge in [0.2, 0.25) is 10.0 Å². The number of nitrogens with one attached hydrogen (secondary N) is 1. The molecule has 1 N–H and O–H groups in total. The second-order valence-corrected chi connectivity index (χ2v) is 7.77. The van der Waals surface area contributed by atoms with Gasteiger partial charge < -0.3 is 4.42 Å². The van der Waals surface area contributed by atoms with Gasteiger partial charge in [-0.3, -0.25) is 4.84 Å². The molecule has 1 aliphatic carbocycles. The van der Waals surface area contributed by atoms with Crippen molar-refractivity contribution in [3.8, 4) is 0 Å². The largest absolute Gasteiger partial charge is 0.468 e. The highest BCUT2D eigenvalue weighted by Gasteiger charge is 2.45. The summed E-state index contributed by atoms with van der Waals surface area (Å²) >= 11 is 0. The van der Waals surface area contributed by atoms with E-state index in [1.807, 2.05) is 0 Å². The van der Waals surface area contributed by atoms with Crippen molar-refractivity contribution in [3.63, 3.8) is 0 Å². The van der Waals surface area contributed by atoms with Gasteiger partial charge in [0.1, 0.15) is 17.1 Å². The Morgan fingerprint density at radius 3 is 2.71 bits per heavy atom. The highest BCUT2D eigenvalue weighted by atomic mass is 32.2. The van der Waals surface area contributed by atoms with Crippen LogP contribution in [-0.2, 0) is 14.9 Å². The van der Waals surface area contributed by atoms with E-state index in [9.17, 15) is 8.42 Å². The van der Waals surface area contributed by atoms with E-state index in [4.69, 9.17) is 9.25 Å². The zero-order valence-electron chi connectivity index (χ0n) is 12.2. The smallest absolute Gasteiger partial charge is 0.219 e. The van der Waals surface area contributed by atoms with Crippen molar-refractivity contribution in [1.82, 2.24) is 9.79 Å². The number of nitrogens with zero attached hydrogens (tertiary/aromatic N) is 1. The van der Waals surface area contributed by atoms with E-state index >= 15 is 0 Å². The summed E-state index contributed by atoms with van der Waals surface area (Å²) in [6, 6.07) is 3.21. The Labute approximate surface area is 125 Å². The molecular weight excluding hydrogens is 292 g/mol. The first-order chi connectivity index (χ1) is 10.1. The van der Waals surface area contributed by atoms with E-state index in [2.05, 4.69) is 4.72 Å². The molecular formula is C14H22N2O4S. The molecule has 0 bridgehead atoms. The lowest BCUT2D eigenvalue weighted by Gasteiger charge is -2.26. The molecule has 2 atom stereocenters. The standard InChI is InChI=1S/C14H22N2O4S/c1-16-14(12-8-5-9-19-12)13(10-20-16)21(17,18)15-11-6-3-2-4-7-11/h5,8-9,11,13-15H,2-4,6-7,10H2,1H3. The molecule has 0 radical (unpaired) electrons. The van der Waals surface area contributed by atoms with Gasteiger partial charge in [-0.15, -0.1) is 0 Å². The summed E-state index contributed by atoms with van der Waals surface area (Å²) in [5.41, 5.74) is 0. The van der Waals surface area contributed by atoms with Crippen molar-refractivity contribution in [1.29, 1.82) is 0 Å². The lowest BCUT2D eigenvalue weighted by Crippen LogP contribution is -2.44. The maximum Gasteiger partial charge on any atom is 0.219 e. The fraction of sp³-hybridized carbons (Fsp3) is 0.714. The van der Waals surface area contributed by atoms with Crippen LogP contribution < -0.4 is 4.72 Å². The predicted octanol–water partition coefficient (Wildman–Crippen LogP) is 1.82. The number of sulfonamides is 1. The second kappa shape index (κ2) is 6.08. The van der Waals surface area contributed by atoms with Crippen LogP contribution >= 0.6 is 0 Å². The van der Waals surface area contributed by atoms with E-state index in [-0.39, 0.29) is 12.6 Å². The van der Waals surface area contributed by atoms with Crippen molar-refractivity contribution in [2.45, 2.75) is 49.4 Å². The van der Waals surface area contributed by atoms with Crippen LogP contribution in [0.2, 0.25) is 0 Å². The van der Waals surface area contributed by atoms with Gasteiger partial charge in [0.05, 0.1) is 12.9 Å². The van der Waals surface area contributed by atoms with Gasteiger partial charge in [0.15, 0.2) is 0 Å². The summed E-state index contributed by atoms with van der Waals surface area (Å²) in [7, 11) is -1.71. The first-order valence-corrected chi connectivity index (χ1v) is 9.03. The third-order valence-corrected chi connectivity index (χ3v) is 6.21. The first kappa shape index (κ1) is 15.0. The van der Waals surface area contributed by atoms with Crippen LogP contribution in [0.15, 0.2) is 22.8 Å². The molecule has 1 aromatic heterocycles. The molecule has 0 amide bonds. The van der Waals surface area contributed by atoms with Gasteiger partial charge in [-0.1, -0.05) is 19.3 Å². The second-order valence-electron chi connectivity index (χ2n) is 5.84. The van der Waals surface area contributed by atoms with Crippen LogP contribution in [0.1, 0.15) is 43.9 Å². The van der Waals surface area contributed by atoms with Gasteiger partial charge in [0, 0.05) is 13.1 Å². The lowest BCUT2D eigenvalue weighted by atomic mass is 9.96. The summed E-state index contributed by atoms with van der Waals surface area (Å²) in [5.74, 6) is 0.619. The van der Waals surface area contributed by atoms with Crippen LogP contribution in [0.25, 0.3) is 0 Å². The number of hydroxylamine groups is 2. The number of rotatable bonds is 4. The van der Waals surface area contributed by atoms with E-state index in [0.29, 0.717) is 5.76 Å². The van der Waals surface area contributed by atoms with Crippen molar-refractivity contribution in [3.05, 3.63) is 24.2 Å². The molecule has 7 heteroatoms. The van der Waals surface area contributed by atoms with E-state index < -0.39 is 21.3 Å². The van der Waals surface area contributed by atoms with Crippen molar-refractivity contribution in [2.75, 3.05) is 13.7 Å². The van der Waals surface area contributed by atoms with E-state index in [1.54, 1.807) is 30.5 Å². The maximum atomic E-state index is 12.7. The normalized spacial score (nSPS) is 29.0. The van der Waals surface area contributed by atoms with Crippen molar-refractivity contribution in [2.24, 2.45) is 0 Å². The molecule has 0 aromatic carbocycles. The molecule has 2 fully saturated rings. The monoisotopic (exact) mass is 314 g/mol. The molecule has 21 heavy (non-hydrogen) atoms. The van der Waals surface area contributed by atoms with Crippen LogP contribution in [0.3, 0.4) is 0 Å². The number of hydrogen-bond acceptors (Lipinski definition) is 5. The van der Waals surface area contributed by atoms with Gasteiger partial charge in [-0.2, -0.15) is 5.06 Å². The zero-order chi connectivity index (χ0) is 14.9. The summed E-state index contributed by atoms with van der Waals surface area (Å²) < 4.78 is 33.6.